The fourth-order valence-corrected chi connectivity index (χ4v) is 3.32. The Balaban J connectivity index is 2.23. The number of halogens is 3. The van der Waals surface area contributed by atoms with Crippen LogP contribution in [-0.4, -0.2) is 27.6 Å². The number of non-ortho nitro benzene ring substituents is 1. The van der Waals surface area contributed by atoms with E-state index in [-0.39, 0.29) is 17.4 Å². The Hall–Kier alpha value is -2.68. The number of nitrogens with zero attached hydrogens (tertiary/aromatic N) is 2. The molecule has 3 rings (SSSR count). The van der Waals surface area contributed by atoms with Crippen molar-refractivity contribution >= 4 is 22.4 Å². The highest BCUT2D eigenvalue weighted by atomic mass is 19.4. The molecule has 26 heavy (non-hydrogen) atoms. The van der Waals surface area contributed by atoms with Crippen molar-refractivity contribution in [1.82, 2.24) is 10.4 Å². The molecule has 1 saturated heterocycles. The summed E-state index contributed by atoms with van der Waals surface area (Å²) in [7, 11) is 0. The Morgan fingerprint density at radius 2 is 1.92 bits per heavy atom. The van der Waals surface area contributed by atoms with Gasteiger partial charge < -0.3 is 0 Å². The van der Waals surface area contributed by atoms with E-state index in [1.165, 1.54) is 32.0 Å². The SMILES string of the molecule is CC1(C)CC(=O)NN1C(c1cc([N+](=O)[O-])c2ccccc2c1)C(F)(F)F. The van der Waals surface area contributed by atoms with Gasteiger partial charge in [-0.3, -0.25) is 20.3 Å². The standard InChI is InChI=1S/C17H16F3N3O3/c1-16(2)9-14(24)21-22(16)15(17(18,19)20)11-7-10-5-3-4-6-12(10)13(8-11)23(25)26/h3-8,15H,9H2,1-2H3,(H,21,24). The smallest absolute Gasteiger partial charge is 0.287 e. The molecule has 1 aliphatic rings. The molecule has 1 amide bonds. The lowest BCUT2D eigenvalue weighted by Gasteiger charge is -2.37. The Bertz CT molecular complexity index is 896. The molecule has 6 nitrogen and oxygen atoms in total. The van der Waals surface area contributed by atoms with E-state index in [4.69, 9.17) is 0 Å². The molecule has 0 spiro atoms. The largest absolute Gasteiger partial charge is 0.409 e. The molecular formula is C17H16F3N3O3. The van der Waals surface area contributed by atoms with Gasteiger partial charge in [0.25, 0.3) is 5.69 Å². The minimum Gasteiger partial charge on any atom is -0.287 e. The van der Waals surface area contributed by atoms with E-state index in [1.54, 1.807) is 12.1 Å². The third-order valence-electron chi connectivity index (χ3n) is 4.43. The van der Waals surface area contributed by atoms with Crippen molar-refractivity contribution in [2.45, 2.75) is 38.0 Å². The van der Waals surface area contributed by atoms with Crippen LogP contribution in [0.25, 0.3) is 10.8 Å². The Labute approximate surface area is 146 Å². The number of benzene rings is 2. The maximum absolute atomic E-state index is 13.9. The van der Waals surface area contributed by atoms with Crippen LogP contribution in [0, 0.1) is 10.1 Å². The van der Waals surface area contributed by atoms with Crippen LogP contribution in [0.4, 0.5) is 18.9 Å². The number of nitro benzene ring substituents is 1. The lowest BCUT2D eigenvalue weighted by Crippen LogP contribution is -2.51. The van der Waals surface area contributed by atoms with Gasteiger partial charge in [-0.1, -0.05) is 18.2 Å². The van der Waals surface area contributed by atoms with Gasteiger partial charge in [-0.2, -0.15) is 18.2 Å². The molecule has 1 heterocycles. The Kier molecular flexibility index (Phi) is 4.14. The average Bonchev–Trinajstić information content (AvgIpc) is 2.77. The van der Waals surface area contributed by atoms with Gasteiger partial charge in [0.2, 0.25) is 5.91 Å². The molecule has 1 atom stereocenters. The minimum atomic E-state index is -4.74. The first-order chi connectivity index (χ1) is 12.0. The number of fused-ring (bicyclic) bond motifs is 1. The van der Waals surface area contributed by atoms with Crippen LogP contribution in [0.3, 0.4) is 0 Å². The third-order valence-corrected chi connectivity index (χ3v) is 4.43. The number of amides is 1. The lowest BCUT2D eigenvalue weighted by atomic mass is 9.95. The molecule has 1 fully saturated rings. The van der Waals surface area contributed by atoms with E-state index in [1.807, 2.05) is 0 Å². The maximum atomic E-state index is 13.9. The lowest BCUT2D eigenvalue weighted by molar-refractivity contribution is -0.383. The highest BCUT2D eigenvalue weighted by Crippen LogP contribution is 2.44. The van der Waals surface area contributed by atoms with Crippen molar-refractivity contribution in [3.63, 3.8) is 0 Å². The van der Waals surface area contributed by atoms with Crippen LogP contribution in [0.5, 0.6) is 0 Å². The number of rotatable bonds is 3. The molecule has 2 aromatic rings. The molecule has 0 bridgehead atoms. The molecule has 1 unspecified atom stereocenters. The molecule has 0 aliphatic carbocycles. The zero-order valence-electron chi connectivity index (χ0n) is 14.0. The Morgan fingerprint density at radius 1 is 1.27 bits per heavy atom. The van der Waals surface area contributed by atoms with Gasteiger partial charge in [-0.05, 0) is 36.9 Å². The van der Waals surface area contributed by atoms with Crippen LogP contribution in [-0.2, 0) is 4.79 Å². The van der Waals surface area contributed by atoms with Gasteiger partial charge in [0.1, 0.15) is 0 Å². The molecule has 138 valence electrons. The summed E-state index contributed by atoms with van der Waals surface area (Å²) in [5.41, 5.74) is 0.451. The summed E-state index contributed by atoms with van der Waals surface area (Å²) in [5, 5.41) is 12.8. The van der Waals surface area contributed by atoms with E-state index in [0.717, 1.165) is 11.1 Å². The zero-order chi connectivity index (χ0) is 19.3. The first kappa shape index (κ1) is 18.1. The summed E-state index contributed by atoms with van der Waals surface area (Å²) in [6, 6.07) is 6.20. The number of carbonyl (C=O) groups is 1. The minimum absolute atomic E-state index is 0.102. The molecule has 9 heteroatoms. The number of nitrogens with one attached hydrogen (secondary N) is 1. The van der Waals surface area contributed by atoms with E-state index < -0.39 is 34.3 Å². The fraction of sp³-hybridized carbons (Fsp3) is 0.353. The quantitative estimate of drug-likeness (QED) is 0.660. The van der Waals surface area contributed by atoms with Crippen LogP contribution in [0.2, 0.25) is 0 Å². The van der Waals surface area contributed by atoms with Crippen molar-refractivity contribution in [3.05, 3.63) is 52.1 Å². The summed E-state index contributed by atoms with van der Waals surface area (Å²) >= 11 is 0. The second-order valence-electron chi connectivity index (χ2n) is 6.86. The highest BCUT2D eigenvalue weighted by Gasteiger charge is 2.53. The van der Waals surface area contributed by atoms with Crippen molar-refractivity contribution in [2.24, 2.45) is 0 Å². The van der Waals surface area contributed by atoms with Crippen molar-refractivity contribution in [3.8, 4) is 0 Å². The number of hydrogen-bond acceptors (Lipinski definition) is 4. The maximum Gasteiger partial charge on any atom is 0.409 e. The predicted molar refractivity (Wildman–Crippen MR) is 88.1 cm³/mol. The summed E-state index contributed by atoms with van der Waals surface area (Å²) in [6.45, 7) is 3.03. The topological polar surface area (TPSA) is 75.5 Å². The van der Waals surface area contributed by atoms with Gasteiger partial charge in [-0.15, -0.1) is 0 Å². The molecule has 0 radical (unpaired) electrons. The number of carbonyl (C=O) groups excluding carboxylic acids is 1. The number of nitro groups is 1. The average molecular weight is 367 g/mol. The second-order valence-corrected chi connectivity index (χ2v) is 6.86. The van der Waals surface area contributed by atoms with Crippen LogP contribution < -0.4 is 5.43 Å². The molecular weight excluding hydrogens is 351 g/mol. The van der Waals surface area contributed by atoms with Crippen LogP contribution in [0.15, 0.2) is 36.4 Å². The van der Waals surface area contributed by atoms with Gasteiger partial charge in [0.05, 0.1) is 10.3 Å². The van der Waals surface area contributed by atoms with Crippen molar-refractivity contribution in [1.29, 1.82) is 0 Å². The summed E-state index contributed by atoms with van der Waals surface area (Å²) in [4.78, 5) is 22.4. The number of hydrogen-bond donors (Lipinski definition) is 1. The predicted octanol–water partition coefficient (Wildman–Crippen LogP) is 3.87. The van der Waals surface area contributed by atoms with E-state index >= 15 is 0 Å². The molecule has 1 N–H and O–H groups in total. The van der Waals surface area contributed by atoms with Crippen LogP contribution >= 0.6 is 0 Å². The van der Waals surface area contributed by atoms with E-state index in [2.05, 4.69) is 5.43 Å². The molecule has 1 aliphatic heterocycles. The fourth-order valence-electron chi connectivity index (χ4n) is 3.32. The normalized spacial score (nSPS) is 18.7. The summed E-state index contributed by atoms with van der Waals surface area (Å²) in [5.74, 6) is -0.528. The summed E-state index contributed by atoms with van der Waals surface area (Å²) in [6.07, 6.45) is -4.85. The molecule has 0 saturated carbocycles. The number of alkyl halides is 3. The highest BCUT2D eigenvalue weighted by molar-refractivity contribution is 5.91. The zero-order valence-corrected chi connectivity index (χ0v) is 14.0. The molecule has 0 aromatic heterocycles. The third kappa shape index (κ3) is 3.10. The second kappa shape index (κ2) is 5.94. The first-order valence-corrected chi connectivity index (χ1v) is 7.83. The number of hydrazine groups is 1. The van der Waals surface area contributed by atoms with Gasteiger partial charge in [-0.25, -0.2) is 0 Å². The van der Waals surface area contributed by atoms with Gasteiger partial charge in [0.15, 0.2) is 6.04 Å². The van der Waals surface area contributed by atoms with Crippen LogP contribution in [0.1, 0.15) is 31.9 Å². The molecule has 2 aromatic carbocycles. The van der Waals surface area contributed by atoms with E-state index in [9.17, 15) is 28.1 Å². The van der Waals surface area contributed by atoms with Gasteiger partial charge >= 0.3 is 6.18 Å². The first-order valence-electron chi connectivity index (χ1n) is 7.83. The monoisotopic (exact) mass is 367 g/mol. The van der Waals surface area contributed by atoms with Gasteiger partial charge in [0, 0.05) is 18.0 Å². The van der Waals surface area contributed by atoms with Crippen molar-refractivity contribution in [2.75, 3.05) is 0 Å². The Morgan fingerprint density at radius 3 is 2.46 bits per heavy atom. The van der Waals surface area contributed by atoms with E-state index in [0.29, 0.717) is 5.39 Å². The van der Waals surface area contributed by atoms with Crippen molar-refractivity contribution < 1.29 is 22.9 Å². The summed E-state index contributed by atoms with van der Waals surface area (Å²) < 4.78 is 41.7.